The van der Waals surface area contributed by atoms with E-state index in [1.165, 1.54) is 5.56 Å². The van der Waals surface area contributed by atoms with Crippen molar-refractivity contribution in [2.24, 2.45) is 0 Å². The average molecular weight is 327 g/mol. The maximum Gasteiger partial charge on any atom is 0.257 e. The van der Waals surface area contributed by atoms with Crippen LogP contribution in [0.3, 0.4) is 0 Å². The number of carbonyl (C=O) groups is 1. The third kappa shape index (κ3) is 3.48. The normalized spacial score (nSPS) is 12.1. The van der Waals surface area contributed by atoms with Gasteiger partial charge in [-0.25, -0.2) is 0 Å². The summed E-state index contributed by atoms with van der Waals surface area (Å²) in [6.07, 6.45) is 4.22. The van der Waals surface area contributed by atoms with Gasteiger partial charge >= 0.3 is 0 Å². The molecule has 0 fully saturated rings. The van der Waals surface area contributed by atoms with Crippen LogP contribution in [-0.4, -0.2) is 16.0 Å². The highest BCUT2D eigenvalue weighted by molar-refractivity contribution is 7.07. The Hall–Kier alpha value is -2.47. The Kier molecular flexibility index (Phi) is 4.52. The van der Waals surface area contributed by atoms with E-state index in [2.05, 4.69) is 26.9 Å². The third-order valence-electron chi connectivity index (χ3n) is 3.67. The van der Waals surface area contributed by atoms with Gasteiger partial charge in [-0.2, -0.15) is 11.3 Å². The number of hydrogen-bond acceptors (Lipinski definition) is 5. The first kappa shape index (κ1) is 15.4. The second-order valence-corrected chi connectivity index (χ2v) is 6.13. The number of pyridine rings is 1. The molecular formula is C17H17N3O2S. The van der Waals surface area contributed by atoms with E-state index in [1.54, 1.807) is 37.6 Å². The van der Waals surface area contributed by atoms with Gasteiger partial charge in [0.15, 0.2) is 0 Å². The molecule has 6 heteroatoms. The molecule has 0 aliphatic carbocycles. The summed E-state index contributed by atoms with van der Waals surface area (Å²) in [5.41, 5.74) is 3.26. The summed E-state index contributed by atoms with van der Waals surface area (Å²) >= 11 is 1.64. The molecule has 0 bridgehead atoms. The first-order chi connectivity index (χ1) is 11.1. The van der Waals surface area contributed by atoms with Crippen LogP contribution in [0.4, 0.5) is 0 Å². The van der Waals surface area contributed by atoms with Crippen LogP contribution in [0.2, 0.25) is 0 Å². The van der Waals surface area contributed by atoms with E-state index < -0.39 is 0 Å². The quantitative estimate of drug-likeness (QED) is 0.779. The van der Waals surface area contributed by atoms with Gasteiger partial charge in [0.25, 0.3) is 5.91 Å². The minimum absolute atomic E-state index is 0.153. The first-order valence-corrected chi connectivity index (χ1v) is 8.24. The lowest BCUT2D eigenvalue weighted by atomic mass is 10.0. The van der Waals surface area contributed by atoms with Crippen molar-refractivity contribution in [2.75, 3.05) is 0 Å². The van der Waals surface area contributed by atoms with Crippen molar-refractivity contribution in [1.82, 2.24) is 15.5 Å². The molecule has 0 spiro atoms. The fraction of sp³-hybridized carbons (Fsp3) is 0.235. The maximum atomic E-state index is 12.6. The zero-order valence-electron chi connectivity index (χ0n) is 12.9. The lowest BCUT2D eigenvalue weighted by Gasteiger charge is -2.18. The average Bonchev–Trinajstić information content (AvgIpc) is 3.17. The van der Waals surface area contributed by atoms with E-state index in [-0.39, 0.29) is 11.9 Å². The van der Waals surface area contributed by atoms with E-state index in [9.17, 15) is 4.79 Å². The van der Waals surface area contributed by atoms with Gasteiger partial charge in [-0.05, 0) is 54.3 Å². The predicted molar refractivity (Wildman–Crippen MR) is 88.4 cm³/mol. The summed E-state index contributed by atoms with van der Waals surface area (Å²) < 4.78 is 5.09. The van der Waals surface area contributed by atoms with Crippen molar-refractivity contribution in [2.45, 2.75) is 26.3 Å². The molecular weight excluding hydrogens is 310 g/mol. The minimum atomic E-state index is -0.176. The maximum absolute atomic E-state index is 12.6. The van der Waals surface area contributed by atoms with Gasteiger partial charge in [0, 0.05) is 12.4 Å². The Morgan fingerprint density at radius 1 is 1.39 bits per heavy atom. The zero-order chi connectivity index (χ0) is 16.2. The van der Waals surface area contributed by atoms with Crippen molar-refractivity contribution in [1.29, 1.82) is 0 Å². The molecule has 0 unspecified atom stereocenters. The monoisotopic (exact) mass is 327 g/mol. The molecule has 0 aromatic carbocycles. The third-order valence-corrected chi connectivity index (χ3v) is 4.40. The van der Waals surface area contributed by atoms with E-state index in [4.69, 9.17) is 4.52 Å². The highest BCUT2D eigenvalue weighted by atomic mass is 32.1. The standard InChI is InChI=1S/C17H17N3O2S/c1-11-16(12(2)22-20-11)17(21)19-15(8-13-5-7-23-10-13)14-4-3-6-18-9-14/h3-7,9-10,15H,8H2,1-2H3,(H,19,21)/t15-/m1/s1. The van der Waals surface area contributed by atoms with Crippen LogP contribution in [0.25, 0.3) is 0 Å². The molecule has 3 aromatic rings. The molecule has 0 aliphatic heterocycles. The Morgan fingerprint density at radius 2 is 2.26 bits per heavy atom. The molecule has 5 nitrogen and oxygen atoms in total. The highest BCUT2D eigenvalue weighted by Gasteiger charge is 2.22. The number of nitrogens with one attached hydrogen (secondary N) is 1. The van der Waals surface area contributed by atoms with Crippen molar-refractivity contribution in [3.8, 4) is 0 Å². The number of hydrogen-bond donors (Lipinski definition) is 1. The van der Waals surface area contributed by atoms with Crippen LogP contribution in [0.1, 0.15) is 39.0 Å². The lowest BCUT2D eigenvalue weighted by molar-refractivity contribution is 0.0934. The topological polar surface area (TPSA) is 68.0 Å². The van der Waals surface area contributed by atoms with Crippen LogP contribution >= 0.6 is 11.3 Å². The molecule has 118 valence electrons. The van der Waals surface area contributed by atoms with Gasteiger partial charge in [-0.1, -0.05) is 11.2 Å². The van der Waals surface area contributed by atoms with E-state index >= 15 is 0 Å². The fourth-order valence-electron chi connectivity index (χ4n) is 2.52. The number of nitrogens with zero attached hydrogens (tertiary/aromatic N) is 2. The summed E-state index contributed by atoms with van der Waals surface area (Å²) in [4.78, 5) is 16.8. The van der Waals surface area contributed by atoms with Gasteiger partial charge < -0.3 is 9.84 Å². The summed E-state index contributed by atoms with van der Waals surface area (Å²) in [5.74, 6) is 0.353. The molecule has 3 aromatic heterocycles. The van der Waals surface area contributed by atoms with Gasteiger partial charge in [-0.3, -0.25) is 9.78 Å². The van der Waals surface area contributed by atoms with Gasteiger partial charge in [-0.15, -0.1) is 0 Å². The fourth-order valence-corrected chi connectivity index (χ4v) is 3.20. The molecule has 3 heterocycles. The number of rotatable bonds is 5. The lowest BCUT2D eigenvalue weighted by Crippen LogP contribution is -2.30. The van der Waals surface area contributed by atoms with Crippen molar-refractivity contribution >= 4 is 17.2 Å². The predicted octanol–water partition coefficient (Wildman–Crippen LogP) is 3.46. The highest BCUT2D eigenvalue weighted by Crippen LogP contribution is 2.21. The Labute approximate surface area is 138 Å². The molecule has 0 aliphatic rings. The summed E-state index contributed by atoms with van der Waals surface area (Å²) in [6.45, 7) is 3.51. The molecule has 1 amide bonds. The molecule has 1 atom stereocenters. The van der Waals surface area contributed by atoms with Crippen LogP contribution < -0.4 is 5.32 Å². The van der Waals surface area contributed by atoms with E-state index in [1.807, 2.05) is 17.5 Å². The summed E-state index contributed by atoms with van der Waals surface area (Å²) in [7, 11) is 0. The number of aromatic nitrogens is 2. The largest absolute Gasteiger partial charge is 0.361 e. The summed E-state index contributed by atoms with van der Waals surface area (Å²) in [5, 5.41) is 11.1. The van der Waals surface area contributed by atoms with Gasteiger partial charge in [0.1, 0.15) is 11.3 Å². The van der Waals surface area contributed by atoms with Gasteiger partial charge in [0.2, 0.25) is 0 Å². The molecule has 23 heavy (non-hydrogen) atoms. The summed E-state index contributed by atoms with van der Waals surface area (Å²) in [6, 6.07) is 5.76. The number of aryl methyl sites for hydroxylation is 2. The molecule has 0 radical (unpaired) electrons. The van der Waals surface area contributed by atoms with Gasteiger partial charge in [0.05, 0.1) is 11.7 Å². The second-order valence-electron chi connectivity index (χ2n) is 5.35. The molecule has 0 saturated carbocycles. The second kappa shape index (κ2) is 6.75. The minimum Gasteiger partial charge on any atom is -0.361 e. The molecule has 0 saturated heterocycles. The Morgan fingerprint density at radius 3 is 2.87 bits per heavy atom. The van der Waals surface area contributed by atoms with Crippen LogP contribution in [0.5, 0.6) is 0 Å². The number of carbonyl (C=O) groups excluding carboxylic acids is 1. The SMILES string of the molecule is Cc1noc(C)c1C(=O)N[C@H](Cc1ccsc1)c1cccnc1. The van der Waals surface area contributed by atoms with Crippen molar-refractivity contribution < 1.29 is 9.32 Å². The van der Waals surface area contributed by atoms with Crippen LogP contribution in [-0.2, 0) is 6.42 Å². The van der Waals surface area contributed by atoms with Crippen LogP contribution in [0.15, 0.2) is 45.9 Å². The molecule has 1 N–H and O–H groups in total. The van der Waals surface area contributed by atoms with Crippen molar-refractivity contribution in [3.63, 3.8) is 0 Å². The first-order valence-electron chi connectivity index (χ1n) is 7.30. The van der Waals surface area contributed by atoms with E-state index in [0.29, 0.717) is 23.4 Å². The molecule has 3 rings (SSSR count). The number of thiophene rings is 1. The zero-order valence-corrected chi connectivity index (χ0v) is 13.8. The van der Waals surface area contributed by atoms with Crippen molar-refractivity contribution in [3.05, 3.63) is 69.5 Å². The Bertz CT molecular complexity index is 762. The Balaban J connectivity index is 1.85. The smallest absolute Gasteiger partial charge is 0.257 e. The number of amides is 1. The van der Waals surface area contributed by atoms with Crippen LogP contribution in [0, 0.1) is 13.8 Å². The van der Waals surface area contributed by atoms with E-state index in [0.717, 1.165) is 5.56 Å².